The number of methoxy groups -OCH3 is 1. The summed E-state index contributed by atoms with van der Waals surface area (Å²) >= 11 is 0. The van der Waals surface area contributed by atoms with Crippen molar-refractivity contribution in [3.63, 3.8) is 0 Å². The molecule has 1 unspecified atom stereocenters. The Bertz CT molecular complexity index is 481. The van der Waals surface area contributed by atoms with Crippen LogP contribution in [-0.4, -0.2) is 39.3 Å². The van der Waals surface area contributed by atoms with Crippen molar-refractivity contribution in [2.24, 2.45) is 5.41 Å². The summed E-state index contributed by atoms with van der Waals surface area (Å²) in [5.41, 5.74) is 2.10. The Morgan fingerprint density at radius 3 is 3.00 bits per heavy atom. The van der Waals surface area contributed by atoms with Crippen LogP contribution in [0.3, 0.4) is 0 Å². The van der Waals surface area contributed by atoms with Crippen molar-refractivity contribution in [2.75, 3.05) is 38.3 Å². The summed E-state index contributed by atoms with van der Waals surface area (Å²) in [5.74, 6) is 0.258. The van der Waals surface area contributed by atoms with Crippen LogP contribution >= 0.6 is 0 Å². The average molecular weight is 260 g/mol. The van der Waals surface area contributed by atoms with E-state index in [1.807, 2.05) is 17.0 Å². The summed E-state index contributed by atoms with van der Waals surface area (Å²) < 4.78 is 5.15. The molecule has 1 atom stereocenters. The van der Waals surface area contributed by atoms with Crippen LogP contribution in [0, 0.1) is 5.41 Å². The fourth-order valence-corrected chi connectivity index (χ4v) is 3.24. The number of fused-ring (bicyclic) bond motifs is 1. The number of rotatable bonds is 3. The lowest BCUT2D eigenvalue weighted by atomic mass is 9.76. The van der Waals surface area contributed by atoms with E-state index >= 15 is 0 Å². The summed E-state index contributed by atoms with van der Waals surface area (Å²) in [6.45, 7) is 2.94. The van der Waals surface area contributed by atoms with E-state index in [9.17, 15) is 4.79 Å². The zero-order chi connectivity index (χ0) is 13.3. The molecular formula is C15H20N2O2. The number of benzene rings is 1. The second-order valence-corrected chi connectivity index (χ2v) is 5.46. The monoisotopic (exact) mass is 260 g/mol. The van der Waals surface area contributed by atoms with Crippen molar-refractivity contribution >= 4 is 11.6 Å². The maximum Gasteiger partial charge on any atom is 0.234 e. The van der Waals surface area contributed by atoms with E-state index in [1.165, 1.54) is 5.56 Å². The van der Waals surface area contributed by atoms with Crippen LogP contribution in [0.2, 0.25) is 0 Å². The number of para-hydroxylation sites is 1. The highest BCUT2D eigenvalue weighted by atomic mass is 16.5. The summed E-state index contributed by atoms with van der Waals surface area (Å²) in [6.07, 6.45) is 1.79. The normalized spacial score (nSPS) is 25.9. The molecule has 3 rings (SSSR count). The molecule has 1 N–H and O–H groups in total. The lowest BCUT2D eigenvalue weighted by molar-refractivity contribution is -0.128. The van der Waals surface area contributed by atoms with Crippen LogP contribution in [0.5, 0.6) is 0 Å². The van der Waals surface area contributed by atoms with Crippen LogP contribution in [0.4, 0.5) is 5.69 Å². The van der Waals surface area contributed by atoms with E-state index in [4.69, 9.17) is 4.74 Å². The minimum absolute atomic E-state index is 0.234. The Hall–Kier alpha value is -1.39. The number of hydrogen-bond acceptors (Lipinski definition) is 3. The molecule has 1 amide bonds. The van der Waals surface area contributed by atoms with E-state index in [0.717, 1.165) is 31.6 Å². The lowest BCUT2D eigenvalue weighted by Gasteiger charge is -2.40. The molecule has 102 valence electrons. The molecule has 4 heteroatoms. The minimum Gasteiger partial charge on any atom is -0.383 e. The van der Waals surface area contributed by atoms with Gasteiger partial charge in [0.2, 0.25) is 5.91 Å². The molecule has 0 radical (unpaired) electrons. The second kappa shape index (κ2) is 4.94. The summed E-state index contributed by atoms with van der Waals surface area (Å²) in [6, 6.07) is 8.23. The van der Waals surface area contributed by atoms with Crippen molar-refractivity contribution in [3.05, 3.63) is 29.8 Å². The third kappa shape index (κ3) is 2.05. The largest absolute Gasteiger partial charge is 0.383 e. The van der Waals surface area contributed by atoms with E-state index in [2.05, 4.69) is 17.4 Å². The molecule has 0 aromatic heterocycles. The fourth-order valence-electron chi connectivity index (χ4n) is 3.24. The highest BCUT2D eigenvalue weighted by molar-refractivity contribution is 6.01. The fraction of sp³-hybridized carbons (Fsp3) is 0.533. The van der Waals surface area contributed by atoms with E-state index in [-0.39, 0.29) is 11.3 Å². The predicted molar refractivity (Wildman–Crippen MR) is 74.3 cm³/mol. The number of ether oxygens (including phenoxy) is 1. The van der Waals surface area contributed by atoms with Crippen LogP contribution in [0.15, 0.2) is 24.3 Å². The van der Waals surface area contributed by atoms with Crippen LogP contribution < -0.4 is 10.2 Å². The molecule has 19 heavy (non-hydrogen) atoms. The molecule has 1 saturated heterocycles. The first-order valence-electron chi connectivity index (χ1n) is 6.86. The van der Waals surface area contributed by atoms with Gasteiger partial charge in [0.05, 0.1) is 12.0 Å². The average Bonchev–Trinajstić information content (AvgIpc) is 2.89. The number of carbonyl (C=O) groups is 1. The van der Waals surface area contributed by atoms with Gasteiger partial charge < -0.3 is 15.0 Å². The zero-order valence-corrected chi connectivity index (χ0v) is 11.3. The van der Waals surface area contributed by atoms with Gasteiger partial charge in [0, 0.05) is 25.9 Å². The maximum atomic E-state index is 12.8. The van der Waals surface area contributed by atoms with Crippen molar-refractivity contribution < 1.29 is 9.53 Å². The molecule has 2 aliphatic rings. The molecule has 4 nitrogen and oxygen atoms in total. The van der Waals surface area contributed by atoms with Crippen LogP contribution in [0.1, 0.15) is 12.0 Å². The van der Waals surface area contributed by atoms with Gasteiger partial charge in [-0.1, -0.05) is 18.2 Å². The Morgan fingerprint density at radius 2 is 2.26 bits per heavy atom. The molecule has 1 aromatic carbocycles. The van der Waals surface area contributed by atoms with Gasteiger partial charge in [0.1, 0.15) is 0 Å². The van der Waals surface area contributed by atoms with Crippen LogP contribution in [-0.2, 0) is 16.0 Å². The van der Waals surface area contributed by atoms with Gasteiger partial charge in [-0.15, -0.1) is 0 Å². The molecule has 0 aliphatic carbocycles. The van der Waals surface area contributed by atoms with Crippen molar-refractivity contribution in [2.45, 2.75) is 12.8 Å². The van der Waals surface area contributed by atoms with Crippen molar-refractivity contribution in [3.8, 4) is 0 Å². The summed E-state index contributed by atoms with van der Waals surface area (Å²) in [4.78, 5) is 14.8. The maximum absolute atomic E-state index is 12.8. The molecule has 0 bridgehead atoms. The third-order valence-electron chi connectivity index (χ3n) is 4.27. The van der Waals surface area contributed by atoms with Gasteiger partial charge >= 0.3 is 0 Å². The first-order valence-corrected chi connectivity index (χ1v) is 6.86. The minimum atomic E-state index is -0.234. The highest BCUT2D eigenvalue weighted by Crippen LogP contribution is 2.41. The Kier molecular flexibility index (Phi) is 3.29. The molecule has 2 aliphatic heterocycles. The number of hydrogen-bond donors (Lipinski definition) is 1. The number of amides is 1. The first kappa shape index (κ1) is 12.6. The van der Waals surface area contributed by atoms with Gasteiger partial charge in [0.15, 0.2) is 0 Å². The van der Waals surface area contributed by atoms with Gasteiger partial charge in [-0.25, -0.2) is 0 Å². The molecule has 0 saturated carbocycles. The van der Waals surface area contributed by atoms with Gasteiger partial charge in [-0.2, -0.15) is 0 Å². The third-order valence-corrected chi connectivity index (χ3v) is 4.27. The van der Waals surface area contributed by atoms with E-state index < -0.39 is 0 Å². The number of carbonyl (C=O) groups excluding carboxylic acids is 1. The second-order valence-electron chi connectivity index (χ2n) is 5.46. The van der Waals surface area contributed by atoms with Crippen LogP contribution in [0.25, 0.3) is 0 Å². The molecular weight excluding hydrogens is 240 g/mol. The molecule has 1 spiro atoms. The standard InChI is InChI=1S/C15H20N2O2/c1-19-9-8-17-13-5-3-2-4-12(13)10-15(14(17)18)6-7-16-11-15/h2-5,16H,6-11H2,1H3. The Balaban J connectivity index is 1.98. The Morgan fingerprint density at radius 1 is 1.42 bits per heavy atom. The van der Waals surface area contributed by atoms with Gasteiger partial charge in [0.25, 0.3) is 0 Å². The first-order chi connectivity index (χ1) is 9.27. The number of nitrogens with zero attached hydrogens (tertiary/aromatic N) is 1. The number of anilines is 1. The smallest absolute Gasteiger partial charge is 0.234 e. The molecule has 1 aromatic rings. The molecule has 2 heterocycles. The van der Waals surface area contributed by atoms with Crippen molar-refractivity contribution in [1.82, 2.24) is 5.32 Å². The summed E-state index contributed by atoms with van der Waals surface area (Å²) in [5, 5.41) is 3.34. The predicted octanol–water partition coefficient (Wildman–Crippen LogP) is 1.20. The van der Waals surface area contributed by atoms with Crippen molar-refractivity contribution in [1.29, 1.82) is 0 Å². The number of nitrogens with one attached hydrogen (secondary N) is 1. The van der Waals surface area contributed by atoms with E-state index in [1.54, 1.807) is 7.11 Å². The zero-order valence-electron chi connectivity index (χ0n) is 11.3. The highest BCUT2D eigenvalue weighted by Gasteiger charge is 2.47. The van der Waals surface area contributed by atoms with Gasteiger partial charge in [-0.05, 0) is 31.0 Å². The quantitative estimate of drug-likeness (QED) is 0.888. The topological polar surface area (TPSA) is 41.6 Å². The SMILES string of the molecule is COCCN1C(=O)C2(CCNC2)Cc2ccccc21. The Labute approximate surface area is 113 Å². The van der Waals surface area contributed by atoms with E-state index in [0.29, 0.717) is 13.2 Å². The van der Waals surface area contributed by atoms with Gasteiger partial charge in [-0.3, -0.25) is 4.79 Å². The molecule has 1 fully saturated rings. The lowest BCUT2D eigenvalue weighted by Crippen LogP contribution is -2.51. The summed E-state index contributed by atoms with van der Waals surface area (Å²) in [7, 11) is 1.67.